The number of ether oxygens (including phenoxy) is 2. The van der Waals surface area contributed by atoms with Crippen molar-refractivity contribution in [2.45, 2.75) is 87.7 Å². The van der Waals surface area contributed by atoms with Gasteiger partial charge in [0.2, 0.25) is 11.8 Å². The number of carbonyl (C=O) groups is 3. The Hall–Kier alpha value is -5.88. The number of para-hydroxylation sites is 1. The van der Waals surface area contributed by atoms with Crippen LogP contribution in [0.1, 0.15) is 90.6 Å². The number of hydrogen-bond acceptors (Lipinski definition) is 12. The largest absolute Gasteiger partial charge is 0.378 e. The number of nitrogens with one attached hydrogen (secondary N) is 3. The molecule has 1 unspecified atom stereocenters. The van der Waals surface area contributed by atoms with Gasteiger partial charge in [0.05, 0.1) is 66.0 Å². The minimum absolute atomic E-state index is 0.0456. The molecular weight excluding hydrogens is 846 g/mol. The molecule has 65 heavy (non-hydrogen) atoms. The Balaban J connectivity index is 0.695. The van der Waals surface area contributed by atoms with Crippen molar-refractivity contribution >= 4 is 45.8 Å². The lowest BCUT2D eigenvalue weighted by molar-refractivity contribution is -0.134. The quantitative estimate of drug-likeness (QED) is 0.122. The second kappa shape index (κ2) is 18.2. The first-order valence-corrected chi connectivity index (χ1v) is 22.4. The average molecular weight is 897 g/mol. The molecule has 342 valence electrons. The second-order valence-electron chi connectivity index (χ2n) is 17.9. The van der Waals surface area contributed by atoms with Crippen LogP contribution in [0, 0.1) is 17.8 Å². The van der Waals surface area contributed by atoms with E-state index in [4.69, 9.17) is 14.5 Å². The Bertz CT molecular complexity index is 2660. The summed E-state index contributed by atoms with van der Waals surface area (Å²) in [6, 6.07) is 8.05. The first-order valence-electron chi connectivity index (χ1n) is 22.4. The molecule has 5 aromatic rings. The van der Waals surface area contributed by atoms with Crippen LogP contribution >= 0.6 is 0 Å². The zero-order valence-electron chi connectivity index (χ0n) is 36.0. The fraction of sp³-hybridized carbons (Fsp3) is 0.533. The van der Waals surface area contributed by atoms with E-state index in [1.807, 2.05) is 24.3 Å². The van der Waals surface area contributed by atoms with Gasteiger partial charge in [-0.3, -0.25) is 34.0 Å². The van der Waals surface area contributed by atoms with E-state index in [1.54, 1.807) is 22.6 Å². The summed E-state index contributed by atoms with van der Waals surface area (Å²) in [4.78, 5) is 46.7. The smallest absolute Gasteiger partial charge is 0.284 e. The maximum absolute atomic E-state index is 15.5. The first-order chi connectivity index (χ1) is 31.5. The SMILES string of the molecule is Cn1nc(C2CCC(=O)NC2=O)c2cccc(C#CCO[C@H]3CCN(CC4CCC(n5cc(NC(=O)c6cnn7ccc(N8CC(NC9COC9)C8)nc67)c(C(F)F)n5)CC4)C[C@H]3F)c21. The van der Waals surface area contributed by atoms with Crippen molar-refractivity contribution in [1.29, 1.82) is 0 Å². The van der Waals surface area contributed by atoms with Gasteiger partial charge in [0.25, 0.3) is 12.3 Å². The molecule has 10 rings (SSSR count). The van der Waals surface area contributed by atoms with E-state index < -0.39 is 36.2 Å². The normalized spacial score (nSPS) is 24.5. The Morgan fingerprint density at radius 1 is 1.05 bits per heavy atom. The number of hydrogen-bond donors (Lipinski definition) is 3. The molecule has 3 atom stereocenters. The van der Waals surface area contributed by atoms with Gasteiger partial charge >= 0.3 is 0 Å². The van der Waals surface area contributed by atoms with E-state index in [-0.39, 0.29) is 48.7 Å². The van der Waals surface area contributed by atoms with Gasteiger partial charge in [-0.1, -0.05) is 24.0 Å². The van der Waals surface area contributed by atoms with Crippen molar-refractivity contribution in [1.82, 2.24) is 49.7 Å². The summed E-state index contributed by atoms with van der Waals surface area (Å²) in [5, 5.41) is 22.6. The van der Waals surface area contributed by atoms with Crippen molar-refractivity contribution in [2.24, 2.45) is 13.0 Å². The summed E-state index contributed by atoms with van der Waals surface area (Å²) in [6.07, 6.45) is 4.25. The molecule has 1 aliphatic carbocycles. The third-order valence-corrected chi connectivity index (χ3v) is 13.5. The molecular formula is C45H51F3N12O5. The molecule has 17 nitrogen and oxygen atoms in total. The third kappa shape index (κ3) is 8.94. The van der Waals surface area contributed by atoms with E-state index in [2.05, 4.69) is 52.9 Å². The minimum Gasteiger partial charge on any atom is -0.378 e. The molecule has 4 aliphatic heterocycles. The number of piperidine rings is 2. The number of benzene rings is 1. The van der Waals surface area contributed by atoms with Crippen LogP contribution in [0.15, 0.2) is 42.9 Å². The van der Waals surface area contributed by atoms with Crippen molar-refractivity contribution in [3.8, 4) is 11.8 Å². The van der Waals surface area contributed by atoms with Gasteiger partial charge in [0.1, 0.15) is 24.2 Å². The third-order valence-electron chi connectivity index (χ3n) is 13.5. The topological polar surface area (TPSA) is 178 Å². The highest BCUT2D eigenvalue weighted by molar-refractivity contribution is 6.08. The molecule has 20 heteroatoms. The highest BCUT2D eigenvalue weighted by atomic mass is 19.3. The number of nitrogens with zero attached hydrogens (tertiary/aromatic N) is 9. The van der Waals surface area contributed by atoms with E-state index in [0.717, 1.165) is 56.6 Å². The molecule has 1 saturated carbocycles. The maximum atomic E-state index is 15.5. The maximum Gasteiger partial charge on any atom is 0.284 e. The molecule has 3 N–H and O–H groups in total. The molecule has 0 bridgehead atoms. The van der Waals surface area contributed by atoms with Crippen LogP contribution in [-0.4, -0.2) is 134 Å². The highest BCUT2D eigenvalue weighted by Gasteiger charge is 2.35. The second-order valence-corrected chi connectivity index (χ2v) is 17.9. The lowest BCUT2D eigenvalue weighted by atomic mass is 9.85. The van der Waals surface area contributed by atoms with E-state index in [9.17, 15) is 23.2 Å². The van der Waals surface area contributed by atoms with Crippen molar-refractivity contribution < 1.29 is 37.0 Å². The van der Waals surface area contributed by atoms with Gasteiger partial charge in [-0.2, -0.15) is 15.3 Å². The van der Waals surface area contributed by atoms with Crippen molar-refractivity contribution in [3.63, 3.8) is 0 Å². The van der Waals surface area contributed by atoms with Crippen molar-refractivity contribution in [3.05, 3.63) is 65.4 Å². The molecule has 5 aliphatic rings. The van der Waals surface area contributed by atoms with Gasteiger partial charge in [-0.25, -0.2) is 22.7 Å². The number of fused-ring (bicyclic) bond motifs is 2. The molecule has 4 aromatic heterocycles. The number of aryl methyl sites for hydroxylation is 1. The molecule has 3 amide bonds. The number of imide groups is 1. The van der Waals surface area contributed by atoms with Crippen LogP contribution in [0.4, 0.5) is 24.7 Å². The molecule has 5 fully saturated rings. The van der Waals surface area contributed by atoms with E-state index >= 15 is 4.39 Å². The summed E-state index contributed by atoms with van der Waals surface area (Å²) in [5.41, 5.74) is 2.07. The zero-order chi connectivity index (χ0) is 44.8. The predicted octanol–water partition coefficient (Wildman–Crippen LogP) is 3.91. The lowest BCUT2D eigenvalue weighted by Gasteiger charge is -2.43. The van der Waals surface area contributed by atoms with Crippen LogP contribution in [0.2, 0.25) is 0 Å². The molecule has 0 radical (unpaired) electrons. The predicted molar refractivity (Wildman–Crippen MR) is 231 cm³/mol. The fourth-order valence-electron chi connectivity index (χ4n) is 9.89. The number of halogens is 3. The number of carbonyl (C=O) groups excluding carboxylic acids is 3. The summed E-state index contributed by atoms with van der Waals surface area (Å²) in [5.74, 6) is 5.47. The van der Waals surface area contributed by atoms with Gasteiger partial charge in [-0.15, -0.1) is 0 Å². The van der Waals surface area contributed by atoms with E-state index in [0.29, 0.717) is 73.0 Å². The van der Waals surface area contributed by atoms with E-state index in [1.165, 1.54) is 16.9 Å². The summed E-state index contributed by atoms with van der Waals surface area (Å²) in [7, 11) is 1.79. The minimum atomic E-state index is -2.90. The van der Waals surface area contributed by atoms with Crippen LogP contribution in [0.3, 0.4) is 0 Å². The monoisotopic (exact) mass is 896 g/mol. The van der Waals surface area contributed by atoms with Crippen LogP contribution in [0.5, 0.6) is 0 Å². The van der Waals surface area contributed by atoms with Gasteiger partial charge in [0, 0.05) is 70.0 Å². The Kier molecular flexibility index (Phi) is 12.0. The standard InChI is InChI=1S/C45H51F3N12O5/c1-56-41-27(4-2-6-31(41)39(54-56)32-11-12-38(61)53-44(32)62)5-3-17-65-36-13-15-57(22-34(36)46)19-26-7-9-30(10-8-26)60-23-35(40(55-60)42(47)48)51-45(63)33-18-49-59-16-14-37(52-43(33)59)58-20-28(21-58)50-29-24-64-25-29/h2,4,6,14,16,18,23,26,28-30,32,34,36,42,50H,7-13,15,17,19-22,24-25H2,1H3,(H,51,63)(H,53,61,62)/t26?,30?,32?,34-,36+/m1/s1. The Morgan fingerprint density at radius 2 is 1.88 bits per heavy atom. The lowest BCUT2D eigenvalue weighted by Crippen LogP contribution is -2.63. The number of likely N-dealkylation sites (tertiary alicyclic amines) is 1. The number of amides is 3. The van der Waals surface area contributed by atoms with Crippen molar-refractivity contribution in [2.75, 3.05) is 62.8 Å². The Labute approximate surface area is 372 Å². The summed E-state index contributed by atoms with van der Waals surface area (Å²) >= 11 is 0. The van der Waals surface area contributed by atoms with Crippen LogP contribution in [-0.2, 0) is 26.1 Å². The number of rotatable bonds is 12. The van der Waals surface area contributed by atoms with Crippen LogP contribution in [0.25, 0.3) is 16.6 Å². The summed E-state index contributed by atoms with van der Waals surface area (Å²) in [6.45, 7) is 4.72. The number of anilines is 2. The molecule has 0 spiro atoms. The zero-order valence-corrected chi connectivity index (χ0v) is 36.0. The first kappa shape index (κ1) is 43.0. The fourth-order valence-corrected chi connectivity index (χ4v) is 9.89. The number of aromatic nitrogens is 7. The number of alkyl halides is 3. The average Bonchev–Trinajstić information content (AvgIpc) is 3.98. The summed E-state index contributed by atoms with van der Waals surface area (Å²) < 4.78 is 60.0. The Morgan fingerprint density at radius 3 is 2.63 bits per heavy atom. The molecule has 8 heterocycles. The van der Waals surface area contributed by atoms with Gasteiger partial charge in [0.15, 0.2) is 11.3 Å². The van der Waals surface area contributed by atoms with Gasteiger partial charge < -0.3 is 25.0 Å². The molecule has 4 saturated heterocycles. The molecule has 1 aromatic carbocycles. The van der Waals surface area contributed by atoms with Gasteiger partial charge in [-0.05, 0) is 56.6 Å². The highest BCUT2D eigenvalue weighted by Crippen LogP contribution is 2.36. The van der Waals surface area contributed by atoms with Crippen LogP contribution < -0.4 is 20.9 Å².